The Hall–Kier alpha value is -2.89. The monoisotopic (exact) mass is 399 g/mol. The van der Waals surface area contributed by atoms with E-state index in [1.54, 1.807) is 28.3 Å². The molecule has 0 aromatic heterocycles. The third-order valence-corrected chi connectivity index (χ3v) is 5.12. The number of nitrogens with zero attached hydrogens (tertiary/aromatic N) is 1. The number of amides is 1. The van der Waals surface area contributed by atoms with E-state index in [2.05, 4.69) is 12.1 Å². The highest BCUT2D eigenvalue weighted by molar-refractivity contribution is 5.75. The average molecular weight is 399 g/mol. The summed E-state index contributed by atoms with van der Waals surface area (Å²) >= 11 is 0. The van der Waals surface area contributed by atoms with Crippen LogP contribution in [-0.4, -0.2) is 44.8 Å². The van der Waals surface area contributed by atoms with Crippen molar-refractivity contribution in [2.75, 3.05) is 27.9 Å². The summed E-state index contributed by atoms with van der Waals surface area (Å²) in [6.45, 7) is 6.26. The number of rotatable bonds is 6. The molecule has 2 aromatic carbocycles. The SMILES string of the molecule is COc1cc(C2c3ccc(OC(C)C)cc3CCN2C(C)=O)cc(OC)c1OC. The van der Waals surface area contributed by atoms with Gasteiger partial charge in [-0.05, 0) is 61.2 Å². The molecule has 6 nitrogen and oxygen atoms in total. The van der Waals surface area contributed by atoms with Crippen molar-refractivity contribution < 1.29 is 23.7 Å². The number of hydrogen-bond donors (Lipinski definition) is 0. The van der Waals surface area contributed by atoms with E-state index in [0.29, 0.717) is 23.8 Å². The van der Waals surface area contributed by atoms with Crippen LogP contribution >= 0.6 is 0 Å². The fourth-order valence-electron chi connectivity index (χ4n) is 3.91. The van der Waals surface area contributed by atoms with E-state index < -0.39 is 0 Å². The summed E-state index contributed by atoms with van der Waals surface area (Å²) < 4.78 is 22.4. The highest BCUT2D eigenvalue weighted by Crippen LogP contribution is 2.44. The molecule has 0 saturated carbocycles. The maximum absolute atomic E-state index is 12.5. The second-order valence-corrected chi connectivity index (χ2v) is 7.35. The predicted molar refractivity (Wildman–Crippen MR) is 111 cm³/mol. The van der Waals surface area contributed by atoms with Gasteiger partial charge < -0.3 is 23.8 Å². The van der Waals surface area contributed by atoms with Gasteiger partial charge in [-0.25, -0.2) is 0 Å². The van der Waals surface area contributed by atoms with Gasteiger partial charge in [0.25, 0.3) is 0 Å². The third-order valence-electron chi connectivity index (χ3n) is 5.12. The summed E-state index contributed by atoms with van der Waals surface area (Å²) in [5, 5.41) is 0. The molecule has 1 amide bonds. The molecule has 1 atom stereocenters. The molecule has 2 aromatic rings. The van der Waals surface area contributed by atoms with Gasteiger partial charge in [-0.2, -0.15) is 0 Å². The Kier molecular flexibility index (Phi) is 6.20. The zero-order valence-corrected chi connectivity index (χ0v) is 17.9. The predicted octanol–water partition coefficient (Wildman–Crippen LogP) is 3.99. The van der Waals surface area contributed by atoms with Crippen LogP contribution in [0.5, 0.6) is 23.0 Å². The summed E-state index contributed by atoms with van der Waals surface area (Å²) in [7, 11) is 4.76. The van der Waals surface area contributed by atoms with Gasteiger partial charge in [-0.1, -0.05) is 6.07 Å². The Bertz CT molecular complexity index is 868. The van der Waals surface area contributed by atoms with Gasteiger partial charge in [0, 0.05) is 13.5 Å². The van der Waals surface area contributed by atoms with Crippen LogP contribution in [-0.2, 0) is 11.2 Å². The van der Waals surface area contributed by atoms with Crippen LogP contribution in [0.3, 0.4) is 0 Å². The lowest BCUT2D eigenvalue weighted by molar-refractivity contribution is -0.130. The number of carbonyl (C=O) groups excluding carboxylic acids is 1. The summed E-state index contributed by atoms with van der Waals surface area (Å²) in [6.07, 6.45) is 0.891. The zero-order valence-electron chi connectivity index (χ0n) is 17.9. The second-order valence-electron chi connectivity index (χ2n) is 7.35. The van der Waals surface area contributed by atoms with Crippen molar-refractivity contribution in [1.82, 2.24) is 4.90 Å². The fraction of sp³-hybridized carbons (Fsp3) is 0.435. The average Bonchev–Trinajstić information content (AvgIpc) is 2.70. The number of hydrogen-bond acceptors (Lipinski definition) is 5. The van der Waals surface area contributed by atoms with E-state index in [4.69, 9.17) is 18.9 Å². The number of carbonyl (C=O) groups is 1. The van der Waals surface area contributed by atoms with Crippen molar-refractivity contribution in [3.8, 4) is 23.0 Å². The Morgan fingerprint density at radius 2 is 1.69 bits per heavy atom. The summed E-state index contributed by atoms with van der Waals surface area (Å²) in [5.74, 6) is 2.54. The zero-order chi connectivity index (χ0) is 21.1. The Morgan fingerprint density at radius 1 is 1.03 bits per heavy atom. The van der Waals surface area contributed by atoms with Crippen molar-refractivity contribution in [3.05, 3.63) is 47.0 Å². The maximum atomic E-state index is 12.5. The van der Waals surface area contributed by atoms with Crippen LogP contribution in [0, 0.1) is 0 Å². The van der Waals surface area contributed by atoms with Crippen LogP contribution in [0.4, 0.5) is 0 Å². The van der Waals surface area contributed by atoms with Crippen LogP contribution in [0.1, 0.15) is 43.5 Å². The molecule has 3 rings (SSSR count). The van der Waals surface area contributed by atoms with Crippen molar-refractivity contribution >= 4 is 5.91 Å². The molecule has 1 aliphatic heterocycles. The van der Waals surface area contributed by atoms with Gasteiger partial charge in [-0.3, -0.25) is 4.79 Å². The van der Waals surface area contributed by atoms with Gasteiger partial charge >= 0.3 is 0 Å². The number of benzene rings is 2. The molecule has 0 fully saturated rings. The first-order chi connectivity index (χ1) is 13.9. The Balaban J connectivity index is 2.14. The standard InChI is InChI=1S/C23H29NO5/c1-14(2)29-18-7-8-19-16(11-18)9-10-24(15(3)25)22(19)17-12-20(26-4)23(28-6)21(13-17)27-5/h7-8,11-14,22H,9-10H2,1-6H3. The van der Waals surface area contributed by atoms with Crippen molar-refractivity contribution in [1.29, 1.82) is 0 Å². The minimum absolute atomic E-state index is 0.0249. The first-order valence-corrected chi connectivity index (χ1v) is 9.76. The lowest BCUT2D eigenvalue weighted by Crippen LogP contribution is -2.39. The van der Waals surface area contributed by atoms with E-state index in [1.807, 2.05) is 36.9 Å². The van der Waals surface area contributed by atoms with Gasteiger partial charge in [0.1, 0.15) is 5.75 Å². The van der Waals surface area contributed by atoms with E-state index in [1.165, 1.54) is 5.56 Å². The molecule has 0 N–H and O–H groups in total. The molecular weight excluding hydrogens is 370 g/mol. The molecule has 0 saturated heterocycles. The van der Waals surface area contributed by atoms with Crippen molar-refractivity contribution in [2.45, 2.75) is 39.3 Å². The van der Waals surface area contributed by atoms with Gasteiger partial charge in [0.15, 0.2) is 11.5 Å². The molecule has 1 unspecified atom stereocenters. The minimum Gasteiger partial charge on any atom is -0.493 e. The molecule has 156 valence electrons. The topological polar surface area (TPSA) is 57.2 Å². The Labute approximate surface area is 172 Å². The molecule has 0 radical (unpaired) electrons. The van der Waals surface area contributed by atoms with E-state index in [0.717, 1.165) is 23.3 Å². The minimum atomic E-state index is -0.238. The molecule has 1 heterocycles. The third kappa shape index (κ3) is 4.11. The molecular formula is C23H29NO5. The van der Waals surface area contributed by atoms with Crippen LogP contribution in [0.25, 0.3) is 0 Å². The molecule has 0 spiro atoms. The van der Waals surface area contributed by atoms with Gasteiger partial charge in [-0.15, -0.1) is 0 Å². The summed E-state index contributed by atoms with van der Waals surface area (Å²) in [4.78, 5) is 14.3. The van der Waals surface area contributed by atoms with E-state index in [-0.39, 0.29) is 18.1 Å². The largest absolute Gasteiger partial charge is 0.493 e. The highest BCUT2D eigenvalue weighted by Gasteiger charge is 2.32. The van der Waals surface area contributed by atoms with Gasteiger partial charge in [0.2, 0.25) is 11.7 Å². The van der Waals surface area contributed by atoms with E-state index in [9.17, 15) is 4.79 Å². The number of methoxy groups -OCH3 is 3. The first-order valence-electron chi connectivity index (χ1n) is 9.76. The molecule has 0 bridgehead atoms. The Morgan fingerprint density at radius 3 is 2.21 bits per heavy atom. The molecule has 6 heteroatoms. The molecule has 1 aliphatic rings. The van der Waals surface area contributed by atoms with Crippen LogP contribution in [0.2, 0.25) is 0 Å². The van der Waals surface area contributed by atoms with Gasteiger partial charge in [0.05, 0.1) is 33.5 Å². The fourth-order valence-corrected chi connectivity index (χ4v) is 3.91. The van der Waals surface area contributed by atoms with Crippen molar-refractivity contribution in [2.24, 2.45) is 0 Å². The van der Waals surface area contributed by atoms with E-state index >= 15 is 0 Å². The van der Waals surface area contributed by atoms with Crippen LogP contribution < -0.4 is 18.9 Å². The lowest BCUT2D eigenvalue weighted by atomic mass is 9.87. The molecule has 29 heavy (non-hydrogen) atoms. The lowest BCUT2D eigenvalue weighted by Gasteiger charge is -2.37. The molecule has 0 aliphatic carbocycles. The number of fused-ring (bicyclic) bond motifs is 1. The second kappa shape index (κ2) is 8.64. The quantitative estimate of drug-likeness (QED) is 0.735. The summed E-state index contributed by atoms with van der Waals surface area (Å²) in [6, 6.07) is 9.69. The number of ether oxygens (including phenoxy) is 4. The smallest absolute Gasteiger partial charge is 0.220 e. The highest BCUT2D eigenvalue weighted by atomic mass is 16.5. The van der Waals surface area contributed by atoms with Crippen molar-refractivity contribution in [3.63, 3.8) is 0 Å². The first kappa shape index (κ1) is 20.8. The normalized spacial score (nSPS) is 15.7. The summed E-state index contributed by atoms with van der Waals surface area (Å²) in [5.41, 5.74) is 3.17. The van der Waals surface area contributed by atoms with Crippen LogP contribution in [0.15, 0.2) is 30.3 Å². The maximum Gasteiger partial charge on any atom is 0.220 e.